The minimum atomic E-state index is -0.163. The molecule has 0 saturated carbocycles. The highest BCUT2D eigenvalue weighted by atomic mass is 35.5. The van der Waals surface area contributed by atoms with E-state index in [4.69, 9.17) is 11.5 Å². The molecule has 0 aliphatic rings. The molecule has 0 radical (unpaired) electrons. The molecule has 2 aromatic rings. The number of hydrogen-bond acceptors (Lipinski definition) is 4. The first-order valence-corrected chi connectivity index (χ1v) is 5.16. The number of rotatable bonds is 2. The minimum absolute atomic E-state index is 0. The van der Waals surface area contributed by atoms with Crippen LogP contribution < -0.4 is 11.5 Å². The van der Waals surface area contributed by atoms with Gasteiger partial charge in [-0.05, 0) is 17.5 Å². The first-order chi connectivity index (χ1) is 6.79. The highest BCUT2D eigenvalue weighted by Crippen LogP contribution is 2.25. The second kappa shape index (κ2) is 5.11. The number of nitrogens with zero attached hydrogens (tertiary/aromatic N) is 1. The molecule has 2 heterocycles. The van der Waals surface area contributed by atoms with E-state index in [9.17, 15) is 0 Å². The molecule has 3 nitrogen and oxygen atoms in total. The average Bonchev–Trinajstić information content (AvgIpc) is 2.70. The fourth-order valence-electron chi connectivity index (χ4n) is 1.31. The van der Waals surface area contributed by atoms with Gasteiger partial charge in [-0.1, -0.05) is 12.1 Å². The third-order valence-electron chi connectivity index (χ3n) is 2.06. The van der Waals surface area contributed by atoms with Crippen molar-refractivity contribution >= 4 is 29.6 Å². The van der Waals surface area contributed by atoms with Crippen LogP contribution in [0.5, 0.6) is 0 Å². The Morgan fingerprint density at radius 3 is 2.67 bits per heavy atom. The Kier molecular flexibility index (Phi) is 4.08. The van der Waals surface area contributed by atoms with Crippen molar-refractivity contribution in [1.82, 2.24) is 4.98 Å². The number of thiophene rings is 1. The van der Waals surface area contributed by atoms with Crippen molar-refractivity contribution in [2.24, 2.45) is 5.73 Å². The van der Waals surface area contributed by atoms with Gasteiger partial charge in [0.05, 0.1) is 6.04 Å². The maximum Gasteiger partial charge on any atom is 0.128 e. The SMILES string of the molecule is Cl.Nc1ncccc1[C@@H](N)c1cccs1. The summed E-state index contributed by atoms with van der Waals surface area (Å²) >= 11 is 1.63. The average molecular weight is 242 g/mol. The Bertz CT molecular complexity index is 416. The fourth-order valence-corrected chi connectivity index (χ4v) is 2.06. The maximum absolute atomic E-state index is 6.05. The van der Waals surface area contributed by atoms with Crippen LogP contribution in [0.1, 0.15) is 16.5 Å². The summed E-state index contributed by atoms with van der Waals surface area (Å²) in [6.45, 7) is 0. The lowest BCUT2D eigenvalue weighted by Gasteiger charge is -2.11. The predicted octanol–water partition coefficient (Wildman–Crippen LogP) is 2.20. The summed E-state index contributed by atoms with van der Waals surface area (Å²) in [4.78, 5) is 5.11. The van der Waals surface area contributed by atoms with Crippen molar-refractivity contribution in [1.29, 1.82) is 0 Å². The highest BCUT2D eigenvalue weighted by Gasteiger charge is 2.12. The molecule has 0 aliphatic heterocycles. The van der Waals surface area contributed by atoms with E-state index >= 15 is 0 Å². The van der Waals surface area contributed by atoms with Crippen molar-refractivity contribution in [3.8, 4) is 0 Å². The molecular formula is C10H12ClN3S. The third-order valence-corrected chi connectivity index (χ3v) is 3.01. The molecule has 2 aromatic heterocycles. The fraction of sp³-hybridized carbons (Fsp3) is 0.100. The van der Waals surface area contributed by atoms with Crippen molar-refractivity contribution < 1.29 is 0 Å². The van der Waals surface area contributed by atoms with Crippen LogP contribution in [-0.2, 0) is 0 Å². The van der Waals surface area contributed by atoms with E-state index in [-0.39, 0.29) is 18.4 Å². The maximum atomic E-state index is 6.05. The Hall–Kier alpha value is -1.10. The summed E-state index contributed by atoms with van der Waals surface area (Å²) in [6, 6.07) is 7.57. The van der Waals surface area contributed by atoms with Gasteiger partial charge < -0.3 is 11.5 Å². The van der Waals surface area contributed by atoms with E-state index in [0.717, 1.165) is 10.4 Å². The molecule has 5 heteroatoms. The lowest BCUT2D eigenvalue weighted by atomic mass is 10.1. The number of hydrogen-bond donors (Lipinski definition) is 2. The normalized spacial score (nSPS) is 11.8. The van der Waals surface area contributed by atoms with Gasteiger partial charge >= 0.3 is 0 Å². The van der Waals surface area contributed by atoms with E-state index in [1.54, 1.807) is 17.5 Å². The van der Waals surface area contributed by atoms with Gasteiger partial charge in [-0.2, -0.15) is 0 Å². The number of halogens is 1. The lowest BCUT2D eigenvalue weighted by molar-refractivity contribution is 0.889. The largest absolute Gasteiger partial charge is 0.383 e. The van der Waals surface area contributed by atoms with Gasteiger partial charge in [0.15, 0.2) is 0 Å². The van der Waals surface area contributed by atoms with Gasteiger partial charge in [0.2, 0.25) is 0 Å². The zero-order chi connectivity index (χ0) is 9.97. The molecule has 2 rings (SSSR count). The zero-order valence-corrected chi connectivity index (χ0v) is 9.59. The molecule has 0 amide bonds. The molecule has 0 unspecified atom stereocenters. The number of anilines is 1. The van der Waals surface area contributed by atoms with Crippen LogP contribution in [-0.4, -0.2) is 4.98 Å². The van der Waals surface area contributed by atoms with E-state index in [0.29, 0.717) is 5.82 Å². The van der Waals surface area contributed by atoms with Crippen LogP contribution in [0.4, 0.5) is 5.82 Å². The summed E-state index contributed by atoms with van der Waals surface area (Å²) in [7, 11) is 0. The first-order valence-electron chi connectivity index (χ1n) is 4.28. The van der Waals surface area contributed by atoms with Crippen molar-refractivity contribution in [3.63, 3.8) is 0 Å². The molecular weight excluding hydrogens is 230 g/mol. The van der Waals surface area contributed by atoms with Gasteiger partial charge in [0.1, 0.15) is 5.82 Å². The Balaban J connectivity index is 0.00000112. The van der Waals surface area contributed by atoms with Crippen LogP contribution >= 0.6 is 23.7 Å². The molecule has 1 atom stereocenters. The smallest absolute Gasteiger partial charge is 0.128 e. The van der Waals surface area contributed by atoms with E-state index in [1.807, 2.05) is 29.6 Å². The summed E-state index contributed by atoms with van der Waals surface area (Å²) in [5, 5.41) is 2.00. The number of pyridine rings is 1. The lowest BCUT2D eigenvalue weighted by Crippen LogP contribution is -2.13. The molecule has 0 bridgehead atoms. The molecule has 0 fully saturated rings. The molecule has 15 heavy (non-hydrogen) atoms. The molecule has 4 N–H and O–H groups in total. The Morgan fingerprint density at radius 1 is 1.27 bits per heavy atom. The Labute approximate surface area is 98.5 Å². The van der Waals surface area contributed by atoms with Crippen LogP contribution in [0.3, 0.4) is 0 Å². The molecule has 0 spiro atoms. The second-order valence-electron chi connectivity index (χ2n) is 2.97. The summed E-state index contributed by atoms with van der Waals surface area (Å²) in [5.41, 5.74) is 12.7. The van der Waals surface area contributed by atoms with E-state index in [2.05, 4.69) is 4.98 Å². The van der Waals surface area contributed by atoms with Crippen molar-refractivity contribution in [3.05, 3.63) is 46.3 Å². The van der Waals surface area contributed by atoms with Gasteiger partial charge in [0, 0.05) is 16.6 Å². The molecule has 0 aliphatic carbocycles. The van der Waals surface area contributed by atoms with Crippen LogP contribution in [0, 0.1) is 0 Å². The van der Waals surface area contributed by atoms with Gasteiger partial charge in [0.25, 0.3) is 0 Å². The molecule has 80 valence electrons. The highest BCUT2D eigenvalue weighted by molar-refractivity contribution is 7.10. The molecule has 0 aromatic carbocycles. The van der Waals surface area contributed by atoms with E-state index < -0.39 is 0 Å². The zero-order valence-electron chi connectivity index (χ0n) is 7.96. The molecule has 0 saturated heterocycles. The first kappa shape index (κ1) is 12.0. The third kappa shape index (κ3) is 2.47. The summed E-state index contributed by atoms with van der Waals surface area (Å²) in [6.07, 6.45) is 1.67. The quantitative estimate of drug-likeness (QED) is 0.847. The second-order valence-corrected chi connectivity index (χ2v) is 3.95. The van der Waals surface area contributed by atoms with Gasteiger partial charge in [-0.3, -0.25) is 0 Å². The Morgan fingerprint density at radius 2 is 2.07 bits per heavy atom. The van der Waals surface area contributed by atoms with E-state index in [1.165, 1.54) is 0 Å². The van der Waals surface area contributed by atoms with Crippen molar-refractivity contribution in [2.75, 3.05) is 5.73 Å². The van der Waals surface area contributed by atoms with Gasteiger partial charge in [-0.25, -0.2) is 4.98 Å². The topological polar surface area (TPSA) is 64.9 Å². The van der Waals surface area contributed by atoms with Crippen LogP contribution in [0.25, 0.3) is 0 Å². The minimum Gasteiger partial charge on any atom is -0.383 e. The standard InChI is InChI=1S/C10H11N3S.ClH/c11-9(8-4-2-6-14-8)7-3-1-5-13-10(7)12;/h1-6,9H,11H2,(H2,12,13);1H/t9-;/m1./s1. The van der Waals surface area contributed by atoms with Crippen molar-refractivity contribution in [2.45, 2.75) is 6.04 Å². The predicted molar refractivity (Wildman–Crippen MR) is 66.2 cm³/mol. The number of nitrogens with two attached hydrogens (primary N) is 2. The summed E-state index contributed by atoms with van der Waals surface area (Å²) < 4.78 is 0. The number of aromatic nitrogens is 1. The van der Waals surface area contributed by atoms with Crippen LogP contribution in [0.2, 0.25) is 0 Å². The summed E-state index contributed by atoms with van der Waals surface area (Å²) in [5.74, 6) is 0.508. The van der Waals surface area contributed by atoms with Crippen LogP contribution in [0.15, 0.2) is 35.8 Å². The van der Waals surface area contributed by atoms with Gasteiger partial charge in [-0.15, -0.1) is 23.7 Å². The monoisotopic (exact) mass is 241 g/mol. The number of nitrogen functional groups attached to an aromatic ring is 1.